The molecule has 2 heterocycles. The number of hydrogen-bond donors (Lipinski definition) is 0. The summed E-state index contributed by atoms with van der Waals surface area (Å²) >= 11 is 0. The van der Waals surface area contributed by atoms with Crippen molar-refractivity contribution in [1.82, 2.24) is 19.6 Å². The Bertz CT molecular complexity index is 915. The quantitative estimate of drug-likeness (QED) is 0.616. The molecular weight excluding hydrogens is 405 g/mol. The first kappa shape index (κ1) is 24.2. The zero-order chi connectivity index (χ0) is 23.4. The zero-order valence-electron chi connectivity index (χ0n) is 20.4. The van der Waals surface area contributed by atoms with Crippen LogP contribution in [-0.4, -0.2) is 65.3 Å². The molecule has 0 saturated carbocycles. The summed E-state index contributed by atoms with van der Waals surface area (Å²) in [4.78, 5) is 19.7. The van der Waals surface area contributed by atoms with Crippen LogP contribution < -0.4 is 4.90 Å². The second-order valence-electron chi connectivity index (χ2n) is 9.67. The first-order valence-corrected chi connectivity index (χ1v) is 11.7. The number of carbonyl (C=O) groups is 1. The molecule has 0 spiro atoms. The van der Waals surface area contributed by atoms with Crippen molar-refractivity contribution in [3.8, 4) is 5.69 Å². The summed E-state index contributed by atoms with van der Waals surface area (Å²) in [7, 11) is 2.13. The molecule has 1 saturated heterocycles. The summed E-state index contributed by atoms with van der Waals surface area (Å²) in [5, 5.41) is 4.83. The molecule has 1 fully saturated rings. The fraction of sp³-hybridized carbons (Fsp3) is 0.600. The third-order valence-corrected chi connectivity index (χ3v) is 6.14. The van der Waals surface area contributed by atoms with E-state index >= 15 is 0 Å². The van der Waals surface area contributed by atoms with Crippen LogP contribution in [0.25, 0.3) is 5.69 Å². The van der Waals surface area contributed by atoms with Gasteiger partial charge in [0.25, 0.3) is 0 Å². The first-order chi connectivity index (χ1) is 15.2. The van der Waals surface area contributed by atoms with Crippen LogP contribution in [0.3, 0.4) is 0 Å². The van der Waals surface area contributed by atoms with Crippen LogP contribution in [0.15, 0.2) is 24.3 Å². The van der Waals surface area contributed by atoms with Crippen LogP contribution in [0.1, 0.15) is 45.4 Å². The van der Waals surface area contributed by atoms with E-state index in [1.54, 1.807) is 6.07 Å². The second kappa shape index (κ2) is 10.5. The Labute approximate surface area is 192 Å². The van der Waals surface area contributed by atoms with Crippen LogP contribution in [0.5, 0.6) is 0 Å². The molecule has 1 aromatic carbocycles. The van der Waals surface area contributed by atoms with Gasteiger partial charge >= 0.3 is 0 Å². The van der Waals surface area contributed by atoms with Crippen molar-refractivity contribution in [2.24, 2.45) is 11.8 Å². The molecule has 1 amide bonds. The maximum atomic E-state index is 14.1. The van der Waals surface area contributed by atoms with Crippen LogP contribution in [0.4, 0.5) is 10.2 Å². The topological polar surface area (TPSA) is 44.6 Å². The Kier molecular flexibility index (Phi) is 7.93. The highest BCUT2D eigenvalue weighted by Crippen LogP contribution is 2.30. The van der Waals surface area contributed by atoms with Gasteiger partial charge in [0.2, 0.25) is 5.91 Å². The number of piperazine rings is 1. The van der Waals surface area contributed by atoms with Crippen LogP contribution in [0, 0.1) is 24.6 Å². The second-order valence-corrected chi connectivity index (χ2v) is 9.67. The van der Waals surface area contributed by atoms with E-state index in [9.17, 15) is 9.18 Å². The number of amides is 1. The molecule has 3 rings (SSSR count). The lowest BCUT2D eigenvalue weighted by atomic mass is 10.1. The molecule has 1 aliphatic heterocycles. The number of rotatable bonds is 8. The number of aromatic nitrogens is 2. The molecule has 1 aliphatic rings. The van der Waals surface area contributed by atoms with Crippen molar-refractivity contribution >= 4 is 11.7 Å². The van der Waals surface area contributed by atoms with Crippen molar-refractivity contribution in [2.75, 3.05) is 44.7 Å². The lowest BCUT2D eigenvalue weighted by Crippen LogP contribution is -2.45. The summed E-state index contributed by atoms with van der Waals surface area (Å²) in [5.41, 5.74) is 2.64. The predicted octanol–water partition coefficient (Wildman–Crippen LogP) is 4.10. The minimum Gasteiger partial charge on any atom is -0.354 e. The van der Waals surface area contributed by atoms with Gasteiger partial charge < -0.3 is 14.7 Å². The van der Waals surface area contributed by atoms with E-state index in [4.69, 9.17) is 5.10 Å². The van der Waals surface area contributed by atoms with Gasteiger partial charge in [-0.1, -0.05) is 33.8 Å². The third-order valence-electron chi connectivity index (χ3n) is 6.14. The average Bonchev–Trinajstić information content (AvgIpc) is 3.07. The van der Waals surface area contributed by atoms with Crippen molar-refractivity contribution in [1.29, 1.82) is 0 Å². The minimum absolute atomic E-state index is 0.0622. The van der Waals surface area contributed by atoms with Gasteiger partial charge in [0.1, 0.15) is 11.6 Å². The third kappa shape index (κ3) is 5.68. The number of hydrogen-bond acceptors (Lipinski definition) is 4. The maximum Gasteiger partial charge on any atom is 0.225 e. The molecule has 7 heteroatoms. The molecule has 0 radical (unpaired) electrons. The Morgan fingerprint density at radius 3 is 2.44 bits per heavy atom. The first-order valence-electron chi connectivity index (χ1n) is 11.7. The van der Waals surface area contributed by atoms with Crippen LogP contribution in [0.2, 0.25) is 0 Å². The average molecular weight is 444 g/mol. The van der Waals surface area contributed by atoms with Crippen LogP contribution in [-0.2, 0) is 11.3 Å². The minimum atomic E-state index is -0.282. The number of aryl methyl sites for hydroxylation is 1. The molecule has 32 heavy (non-hydrogen) atoms. The highest BCUT2D eigenvalue weighted by Gasteiger charge is 2.28. The van der Waals surface area contributed by atoms with Gasteiger partial charge in [-0.3, -0.25) is 4.79 Å². The Morgan fingerprint density at radius 2 is 1.84 bits per heavy atom. The largest absolute Gasteiger partial charge is 0.354 e. The van der Waals surface area contributed by atoms with Gasteiger partial charge in [-0.25, -0.2) is 9.07 Å². The smallest absolute Gasteiger partial charge is 0.225 e. The van der Waals surface area contributed by atoms with Crippen molar-refractivity contribution in [3.63, 3.8) is 0 Å². The summed E-state index contributed by atoms with van der Waals surface area (Å²) < 4.78 is 15.9. The number of carbonyl (C=O) groups excluding carboxylic acids is 1. The van der Waals surface area contributed by atoms with E-state index in [2.05, 4.69) is 30.7 Å². The van der Waals surface area contributed by atoms with Crippen molar-refractivity contribution in [2.45, 2.75) is 47.6 Å². The summed E-state index contributed by atoms with van der Waals surface area (Å²) in [6.07, 6.45) is 0.958. The molecule has 0 unspecified atom stereocenters. The molecule has 176 valence electrons. The standard InChI is InChI=1S/C25H38FN5O/c1-18(2)10-11-30(25(32)19(3)4)17-23-20(5)27-31(22-9-7-8-21(26)16-22)24(23)29-14-12-28(6)13-15-29/h7-9,16,18-19H,10-15,17H2,1-6H3. The highest BCUT2D eigenvalue weighted by molar-refractivity contribution is 5.78. The lowest BCUT2D eigenvalue weighted by molar-refractivity contribution is -0.135. The van der Waals surface area contributed by atoms with E-state index in [-0.39, 0.29) is 17.6 Å². The summed E-state index contributed by atoms with van der Waals surface area (Å²) in [6, 6.07) is 6.57. The fourth-order valence-electron chi connectivity index (χ4n) is 4.10. The van der Waals surface area contributed by atoms with E-state index in [1.165, 1.54) is 12.1 Å². The molecule has 1 aromatic heterocycles. The summed E-state index contributed by atoms with van der Waals surface area (Å²) in [5.74, 6) is 1.31. The van der Waals surface area contributed by atoms with Crippen molar-refractivity contribution < 1.29 is 9.18 Å². The molecule has 0 atom stereocenters. The SMILES string of the molecule is Cc1nn(-c2cccc(F)c2)c(N2CCN(C)CC2)c1CN(CCC(C)C)C(=O)C(C)C. The fourth-order valence-corrected chi connectivity index (χ4v) is 4.10. The number of nitrogens with zero attached hydrogens (tertiary/aromatic N) is 5. The van der Waals surface area contributed by atoms with E-state index in [1.807, 2.05) is 36.4 Å². The van der Waals surface area contributed by atoms with Crippen molar-refractivity contribution in [3.05, 3.63) is 41.3 Å². The number of likely N-dealkylation sites (N-methyl/N-ethyl adjacent to an activating group) is 1. The van der Waals surface area contributed by atoms with Gasteiger partial charge in [0.05, 0.1) is 17.9 Å². The Morgan fingerprint density at radius 1 is 1.16 bits per heavy atom. The number of anilines is 1. The van der Waals surface area contributed by atoms with E-state index < -0.39 is 0 Å². The van der Waals surface area contributed by atoms with Gasteiger partial charge in [-0.2, -0.15) is 5.10 Å². The van der Waals surface area contributed by atoms with E-state index in [0.29, 0.717) is 18.2 Å². The normalized spacial score (nSPS) is 15.1. The Balaban J connectivity index is 2.04. The summed E-state index contributed by atoms with van der Waals surface area (Å²) in [6.45, 7) is 15.1. The molecular formula is C25H38FN5O. The van der Waals surface area contributed by atoms with Gasteiger partial charge in [-0.05, 0) is 44.5 Å². The Hall–Kier alpha value is -2.41. The van der Waals surface area contributed by atoms with Gasteiger partial charge in [0.15, 0.2) is 0 Å². The predicted molar refractivity (Wildman–Crippen MR) is 128 cm³/mol. The number of benzene rings is 1. The lowest BCUT2D eigenvalue weighted by Gasteiger charge is -2.35. The van der Waals surface area contributed by atoms with Crippen LogP contribution >= 0.6 is 0 Å². The molecule has 0 N–H and O–H groups in total. The maximum absolute atomic E-state index is 14.1. The molecule has 2 aromatic rings. The number of halogens is 1. The monoisotopic (exact) mass is 443 g/mol. The molecule has 6 nitrogen and oxygen atoms in total. The zero-order valence-corrected chi connectivity index (χ0v) is 20.4. The molecule has 0 aliphatic carbocycles. The molecule has 0 bridgehead atoms. The van der Waals surface area contributed by atoms with Gasteiger partial charge in [0, 0.05) is 44.2 Å². The van der Waals surface area contributed by atoms with Gasteiger partial charge in [-0.15, -0.1) is 0 Å². The van der Waals surface area contributed by atoms with E-state index in [0.717, 1.165) is 56.2 Å². The highest BCUT2D eigenvalue weighted by atomic mass is 19.1.